The molecule has 0 aliphatic heterocycles. The first kappa shape index (κ1) is 28.1. The van der Waals surface area contributed by atoms with Crippen molar-refractivity contribution in [3.8, 4) is 0 Å². The van der Waals surface area contributed by atoms with Gasteiger partial charge < -0.3 is 31.3 Å². The number of nitrogens with one attached hydrogen (secondary N) is 5. The molecule has 3 aromatic rings. The fourth-order valence-corrected chi connectivity index (χ4v) is 3.22. The van der Waals surface area contributed by atoms with Gasteiger partial charge >= 0.3 is 6.09 Å². The summed E-state index contributed by atoms with van der Waals surface area (Å²) in [7, 11) is 1.44. The molecule has 0 bridgehead atoms. The van der Waals surface area contributed by atoms with E-state index in [0.29, 0.717) is 11.4 Å². The number of alkyl carbamates (subject to hydrolysis) is 1. The van der Waals surface area contributed by atoms with Crippen LogP contribution in [-0.4, -0.2) is 47.1 Å². The van der Waals surface area contributed by atoms with Gasteiger partial charge in [-0.15, -0.1) is 0 Å². The number of halogens is 2. The van der Waals surface area contributed by atoms with E-state index in [-0.39, 0.29) is 34.6 Å². The van der Waals surface area contributed by atoms with E-state index in [1.807, 2.05) is 0 Å². The molecule has 0 aliphatic carbocycles. The van der Waals surface area contributed by atoms with Crippen molar-refractivity contribution in [3.05, 3.63) is 65.1 Å². The molecule has 3 amide bonds. The lowest BCUT2D eigenvalue weighted by molar-refractivity contribution is -0.115. The molecule has 200 valence electrons. The van der Waals surface area contributed by atoms with E-state index in [2.05, 4.69) is 36.6 Å². The predicted octanol–water partition coefficient (Wildman–Crippen LogP) is 4.58. The second-order valence-corrected chi connectivity index (χ2v) is 9.27. The van der Waals surface area contributed by atoms with E-state index in [4.69, 9.17) is 16.3 Å². The number of hydrogen-bond donors (Lipinski definition) is 5. The SMILES string of the molecule is CNC(=O)c1cccc(F)c1Nc1nc(Nc2cccc(NC(=O)CNC(=O)OC(C)(C)C)c2)ncc1Cl. The summed E-state index contributed by atoms with van der Waals surface area (Å²) in [5.74, 6) is -1.43. The van der Waals surface area contributed by atoms with E-state index in [0.717, 1.165) is 0 Å². The fraction of sp³-hybridized carbons (Fsp3) is 0.240. The number of rotatable bonds is 8. The van der Waals surface area contributed by atoms with E-state index in [9.17, 15) is 18.8 Å². The number of benzene rings is 2. The van der Waals surface area contributed by atoms with Gasteiger partial charge in [0.2, 0.25) is 11.9 Å². The molecular weight excluding hydrogens is 517 g/mol. The van der Waals surface area contributed by atoms with Crippen LogP contribution in [-0.2, 0) is 9.53 Å². The summed E-state index contributed by atoms with van der Waals surface area (Å²) in [6.07, 6.45) is 0.610. The molecular formula is C25H27ClFN7O4. The normalized spacial score (nSPS) is 10.8. The van der Waals surface area contributed by atoms with Crippen molar-refractivity contribution in [2.75, 3.05) is 29.5 Å². The minimum atomic E-state index is -0.704. The monoisotopic (exact) mass is 543 g/mol. The summed E-state index contributed by atoms with van der Waals surface area (Å²) in [5.41, 5.74) is 0.263. The van der Waals surface area contributed by atoms with Gasteiger partial charge in [-0.05, 0) is 51.1 Å². The zero-order chi connectivity index (χ0) is 27.9. The van der Waals surface area contributed by atoms with E-state index < -0.39 is 29.3 Å². The summed E-state index contributed by atoms with van der Waals surface area (Å²) >= 11 is 6.21. The molecule has 0 aliphatic rings. The molecule has 0 unspecified atom stereocenters. The Balaban J connectivity index is 1.70. The standard InChI is InChI=1S/C25H27ClFN7O4/c1-25(2,3)38-24(37)30-13-19(35)31-14-7-5-8-15(11-14)32-23-29-12-17(26)21(34-23)33-20-16(22(36)28-4)9-6-10-18(20)27/h5-12H,13H2,1-4H3,(H,28,36)(H,30,37)(H,31,35)(H2,29,32,33,34). The molecule has 5 N–H and O–H groups in total. The van der Waals surface area contributed by atoms with E-state index in [1.165, 1.54) is 31.4 Å². The molecule has 13 heteroatoms. The molecule has 0 atom stereocenters. The van der Waals surface area contributed by atoms with Crippen LogP contribution in [0.1, 0.15) is 31.1 Å². The van der Waals surface area contributed by atoms with Crippen molar-refractivity contribution in [2.45, 2.75) is 26.4 Å². The topological polar surface area (TPSA) is 146 Å². The van der Waals surface area contributed by atoms with Crippen molar-refractivity contribution in [2.24, 2.45) is 0 Å². The maximum atomic E-state index is 14.5. The first-order valence-electron chi connectivity index (χ1n) is 11.4. The maximum Gasteiger partial charge on any atom is 0.408 e. The highest BCUT2D eigenvalue weighted by Gasteiger charge is 2.18. The molecule has 11 nitrogen and oxygen atoms in total. The molecule has 2 aromatic carbocycles. The highest BCUT2D eigenvalue weighted by Crippen LogP contribution is 2.29. The van der Waals surface area contributed by atoms with Crippen LogP contribution in [0, 0.1) is 5.82 Å². The largest absolute Gasteiger partial charge is 0.444 e. The smallest absolute Gasteiger partial charge is 0.408 e. The van der Waals surface area contributed by atoms with Crippen molar-refractivity contribution in [1.29, 1.82) is 0 Å². The number of aromatic nitrogens is 2. The van der Waals surface area contributed by atoms with Crippen LogP contribution in [0.15, 0.2) is 48.7 Å². The van der Waals surface area contributed by atoms with Gasteiger partial charge in [-0.25, -0.2) is 14.2 Å². The molecule has 1 aromatic heterocycles. The van der Waals surface area contributed by atoms with Gasteiger partial charge in [0.25, 0.3) is 5.91 Å². The Labute approximate surface area is 223 Å². The van der Waals surface area contributed by atoms with Gasteiger partial charge in [-0.1, -0.05) is 23.7 Å². The summed E-state index contributed by atoms with van der Waals surface area (Å²) < 4.78 is 19.6. The Morgan fingerprint density at radius 2 is 1.76 bits per heavy atom. The third kappa shape index (κ3) is 8.03. The Bertz CT molecular complexity index is 1350. The fourth-order valence-electron chi connectivity index (χ4n) is 3.08. The van der Waals surface area contributed by atoms with E-state index >= 15 is 0 Å². The molecule has 0 radical (unpaired) electrons. The van der Waals surface area contributed by atoms with Gasteiger partial charge in [0.15, 0.2) is 5.82 Å². The maximum absolute atomic E-state index is 14.5. The van der Waals surface area contributed by atoms with Gasteiger partial charge in [-0.3, -0.25) is 9.59 Å². The Morgan fingerprint density at radius 1 is 1.05 bits per heavy atom. The highest BCUT2D eigenvalue weighted by molar-refractivity contribution is 6.33. The number of ether oxygens (including phenoxy) is 1. The molecule has 0 saturated heterocycles. The third-order valence-corrected chi connectivity index (χ3v) is 4.94. The zero-order valence-electron chi connectivity index (χ0n) is 21.1. The van der Waals surface area contributed by atoms with Gasteiger partial charge in [0.05, 0.1) is 17.4 Å². The van der Waals surface area contributed by atoms with Crippen molar-refractivity contribution < 1.29 is 23.5 Å². The lowest BCUT2D eigenvalue weighted by Gasteiger charge is -2.19. The summed E-state index contributed by atoms with van der Waals surface area (Å²) in [4.78, 5) is 44.5. The first-order chi connectivity index (χ1) is 17.9. The van der Waals surface area contributed by atoms with Crippen LogP contribution in [0.3, 0.4) is 0 Å². The van der Waals surface area contributed by atoms with Gasteiger partial charge in [-0.2, -0.15) is 4.98 Å². The average molecular weight is 544 g/mol. The second-order valence-electron chi connectivity index (χ2n) is 8.87. The van der Waals surface area contributed by atoms with Crippen molar-refractivity contribution >= 4 is 58.3 Å². The molecule has 3 rings (SSSR count). The number of carbonyl (C=O) groups excluding carboxylic acids is 3. The molecule has 0 spiro atoms. The number of amides is 3. The van der Waals surface area contributed by atoms with Crippen LogP contribution in [0.5, 0.6) is 0 Å². The number of anilines is 5. The Morgan fingerprint density at radius 3 is 2.47 bits per heavy atom. The second kappa shape index (κ2) is 12.2. The number of para-hydroxylation sites is 1. The quantitative estimate of drug-likeness (QED) is 0.277. The number of carbonyl (C=O) groups is 3. The van der Waals surface area contributed by atoms with E-state index in [1.54, 1.807) is 45.0 Å². The Kier molecular flexibility index (Phi) is 9.02. The van der Waals surface area contributed by atoms with Crippen molar-refractivity contribution in [1.82, 2.24) is 20.6 Å². The van der Waals surface area contributed by atoms with Crippen LogP contribution >= 0.6 is 11.6 Å². The Hall–Kier alpha value is -4.45. The number of hydrogen-bond acceptors (Lipinski definition) is 8. The number of nitrogens with zero attached hydrogens (tertiary/aromatic N) is 2. The minimum absolute atomic E-state index is 0.0668. The molecule has 1 heterocycles. The molecule has 0 fully saturated rings. The lowest BCUT2D eigenvalue weighted by Crippen LogP contribution is -2.37. The average Bonchev–Trinajstić information content (AvgIpc) is 2.84. The van der Waals surface area contributed by atoms with Crippen LogP contribution in [0.4, 0.5) is 38.0 Å². The summed E-state index contributed by atoms with van der Waals surface area (Å²) in [5, 5.41) is 13.3. The predicted molar refractivity (Wildman–Crippen MR) is 143 cm³/mol. The first-order valence-corrected chi connectivity index (χ1v) is 11.8. The zero-order valence-corrected chi connectivity index (χ0v) is 21.9. The van der Waals surface area contributed by atoms with Crippen LogP contribution < -0.4 is 26.6 Å². The van der Waals surface area contributed by atoms with Crippen LogP contribution in [0.25, 0.3) is 0 Å². The molecule has 38 heavy (non-hydrogen) atoms. The lowest BCUT2D eigenvalue weighted by atomic mass is 10.1. The summed E-state index contributed by atoms with van der Waals surface area (Å²) in [6, 6.07) is 10.7. The highest BCUT2D eigenvalue weighted by atomic mass is 35.5. The summed E-state index contributed by atoms with van der Waals surface area (Å²) in [6.45, 7) is 4.87. The molecule has 0 saturated carbocycles. The minimum Gasteiger partial charge on any atom is -0.444 e. The third-order valence-electron chi connectivity index (χ3n) is 4.67. The van der Waals surface area contributed by atoms with Crippen molar-refractivity contribution in [3.63, 3.8) is 0 Å². The van der Waals surface area contributed by atoms with Gasteiger partial charge in [0, 0.05) is 18.4 Å². The van der Waals surface area contributed by atoms with Crippen LogP contribution in [0.2, 0.25) is 5.02 Å². The van der Waals surface area contributed by atoms with Gasteiger partial charge in [0.1, 0.15) is 23.0 Å².